The third kappa shape index (κ3) is 4.49. The second-order valence-corrected chi connectivity index (χ2v) is 7.48. The summed E-state index contributed by atoms with van der Waals surface area (Å²) in [5.41, 5.74) is 7.98. The lowest BCUT2D eigenvalue weighted by molar-refractivity contribution is 0.180. The summed E-state index contributed by atoms with van der Waals surface area (Å²) >= 11 is 0. The summed E-state index contributed by atoms with van der Waals surface area (Å²) in [5.74, 6) is 1.12. The van der Waals surface area contributed by atoms with Gasteiger partial charge in [-0.25, -0.2) is 4.79 Å². The molecule has 0 radical (unpaired) electrons. The predicted octanol–water partition coefficient (Wildman–Crippen LogP) is 3.15. The van der Waals surface area contributed by atoms with E-state index in [2.05, 4.69) is 20.3 Å². The Hall–Kier alpha value is -4.34. The van der Waals surface area contributed by atoms with Crippen molar-refractivity contribution in [2.75, 3.05) is 19.5 Å². The zero-order valence-electron chi connectivity index (χ0n) is 18.1. The Bertz CT molecular complexity index is 1400. The van der Waals surface area contributed by atoms with Crippen molar-refractivity contribution >= 4 is 33.6 Å². The Labute approximate surface area is 188 Å². The molecular formula is C23H23N5O5. The number of carbonyl (C=O) groups is 1. The minimum absolute atomic E-state index is 0.172. The van der Waals surface area contributed by atoms with Crippen molar-refractivity contribution < 1.29 is 19.4 Å². The SMILES string of the molecule is CC[C@H](COc1cncc(-c2cc3c(cnc4cc(=O)c(OC)cc43)c(N)[nH]2)c1)NC(=O)O. The molecule has 4 aromatic rings. The van der Waals surface area contributed by atoms with Gasteiger partial charge in [-0.1, -0.05) is 6.92 Å². The van der Waals surface area contributed by atoms with E-state index >= 15 is 0 Å². The van der Waals surface area contributed by atoms with Crippen molar-refractivity contribution in [3.63, 3.8) is 0 Å². The average molecular weight is 449 g/mol. The monoisotopic (exact) mass is 449 g/mol. The standard InChI is InChI=1S/C23H23N5O5/c1-3-13(27-23(30)31)11-33-14-4-12(8-25-9-14)18-5-15-16-6-21(32-2)20(29)7-19(16)26-10-17(15)22(24)28-18/h4-10,13,27-28H,3,11,24H2,1-2H3,(H,30,31)/t13-/m1/s1. The third-order valence-electron chi connectivity index (χ3n) is 5.34. The maximum atomic E-state index is 12.1. The lowest BCUT2D eigenvalue weighted by Gasteiger charge is -2.16. The highest BCUT2D eigenvalue weighted by Gasteiger charge is 2.13. The number of hydrogen-bond acceptors (Lipinski definition) is 7. The smallest absolute Gasteiger partial charge is 0.404 e. The van der Waals surface area contributed by atoms with Gasteiger partial charge in [-0.15, -0.1) is 0 Å². The van der Waals surface area contributed by atoms with Crippen molar-refractivity contribution in [1.82, 2.24) is 20.3 Å². The highest BCUT2D eigenvalue weighted by Crippen LogP contribution is 2.32. The number of carboxylic acid groups (broad SMARTS) is 1. The fraction of sp³-hybridized carbons (Fsp3) is 0.217. The number of nitrogens with one attached hydrogen (secondary N) is 2. The number of nitrogens with two attached hydrogens (primary N) is 1. The fourth-order valence-corrected chi connectivity index (χ4v) is 3.58. The number of H-pyrrole nitrogens is 1. The minimum Gasteiger partial charge on any atom is -0.493 e. The molecule has 4 rings (SSSR count). The number of ether oxygens (including phenoxy) is 2. The first kappa shape index (κ1) is 21.9. The first-order valence-corrected chi connectivity index (χ1v) is 10.3. The molecule has 3 aromatic heterocycles. The molecule has 1 atom stereocenters. The molecule has 33 heavy (non-hydrogen) atoms. The van der Waals surface area contributed by atoms with Crippen LogP contribution in [0.15, 0.2) is 47.7 Å². The third-order valence-corrected chi connectivity index (χ3v) is 5.34. The number of pyridine rings is 3. The second kappa shape index (κ2) is 9.03. The summed E-state index contributed by atoms with van der Waals surface area (Å²) in [6.07, 6.45) is 4.33. The van der Waals surface area contributed by atoms with Crippen molar-refractivity contribution in [2.45, 2.75) is 19.4 Å². The number of hydrogen-bond donors (Lipinski definition) is 4. The van der Waals surface area contributed by atoms with Crippen LogP contribution in [0.1, 0.15) is 13.3 Å². The van der Waals surface area contributed by atoms with E-state index in [0.29, 0.717) is 34.6 Å². The minimum atomic E-state index is -1.10. The zero-order chi connectivity index (χ0) is 23.5. The van der Waals surface area contributed by atoms with Gasteiger partial charge in [-0.05, 0) is 30.0 Å². The Balaban J connectivity index is 1.74. The predicted molar refractivity (Wildman–Crippen MR) is 125 cm³/mol. The molecule has 0 aliphatic carbocycles. The number of aromatic nitrogens is 3. The summed E-state index contributed by atoms with van der Waals surface area (Å²) in [6, 6.07) is 6.45. The summed E-state index contributed by atoms with van der Waals surface area (Å²) in [4.78, 5) is 34.8. The number of rotatable bonds is 7. The first-order valence-electron chi connectivity index (χ1n) is 10.3. The molecular weight excluding hydrogens is 426 g/mol. The van der Waals surface area contributed by atoms with Gasteiger partial charge in [0.25, 0.3) is 0 Å². The number of amides is 1. The summed E-state index contributed by atoms with van der Waals surface area (Å²) < 4.78 is 11.0. The van der Waals surface area contributed by atoms with Gasteiger partial charge < -0.3 is 30.6 Å². The lowest BCUT2D eigenvalue weighted by atomic mass is 10.0. The number of nitrogens with zero attached hydrogens (tertiary/aromatic N) is 2. The first-order chi connectivity index (χ1) is 15.9. The molecule has 0 bridgehead atoms. The number of methoxy groups -OCH3 is 1. The maximum Gasteiger partial charge on any atom is 0.404 e. The van der Waals surface area contributed by atoms with Crippen molar-refractivity contribution in [2.24, 2.45) is 0 Å². The second-order valence-electron chi connectivity index (χ2n) is 7.48. The number of fused-ring (bicyclic) bond motifs is 3. The molecule has 0 fully saturated rings. The van der Waals surface area contributed by atoms with Gasteiger partial charge in [-0.2, -0.15) is 0 Å². The Morgan fingerprint density at radius 1 is 1.18 bits per heavy atom. The molecule has 10 heteroatoms. The number of benzene rings is 1. The summed E-state index contributed by atoms with van der Waals surface area (Å²) in [6.45, 7) is 2.04. The van der Waals surface area contributed by atoms with Crippen LogP contribution < -0.4 is 26.0 Å². The van der Waals surface area contributed by atoms with Crippen LogP contribution in [0.2, 0.25) is 0 Å². The van der Waals surface area contributed by atoms with Crippen LogP contribution >= 0.6 is 0 Å². The molecule has 0 aliphatic heterocycles. The Morgan fingerprint density at radius 2 is 2.00 bits per heavy atom. The lowest BCUT2D eigenvalue weighted by Crippen LogP contribution is -2.37. The van der Waals surface area contributed by atoms with E-state index in [-0.39, 0.29) is 23.8 Å². The molecule has 1 amide bonds. The van der Waals surface area contributed by atoms with Crippen LogP contribution in [0.25, 0.3) is 32.9 Å². The van der Waals surface area contributed by atoms with Crippen molar-refractivity contribution in [3.8, 4) is 22.8 Å². The zero-order valence-corrected chi connectivity index (χ0v) is 18.1. The van der Waals surface area contributed by atoms with E-state index in [1.165, 1.54) is 13.2 Å². The highest BCUT2D eigenvalue weighted by atomic mass is 16.5. The molecule has 3 heterocycles. The van der Waals surface area contributed by atoms with Gasteiger partial charge in [0.1, 0.15) is 18.2 Å². The molecule has 170 valence electrons. The topological polar surface area (TPSA) is 152 Å². The molecule has 0 saturated heterocycles. The highest BCUT2D eigenvalue weighted by molar-refractivity contribution is 6.10. The number of anilines is 1. The van der Waals surface area contributed by atoms with Crippen molar-refractivity contribution in [3.05, 3.63) is 53.1 Å². The Kier molecular flexibility index (Phi) is 5.99. The van der Waals surface area contributed by atoms with E-state index in [0.717, 1.165) is 16.3 Å². The summed E-state index contributed by atoms with van der Waals surface area (Å²) in [5, 5.41) is 13.6. The van der Waals surface area contributed by atoms with Crippen LogP contribution in [0, 0.1) is 0 Å². The maximum absolute atomic E-state index is 12.1. The van der Waals surface area contributed by atoms with Crippen molar-refractivity contribution in [1.29, 1.82) is 0 Å². The molecule has 10 nitrogen and oxygen atoms in total. The normalized spacial score (nSPS) is 11.9. The number of aromatic amines is 1. The molecule has 1 aromatic carbocycles. The molecule has 0 saturated carbocycles. The van der Waals surface area contributed by atoms with Gasteiger partial charge in [0.15, 0.2) is 5.75 Å². The molecule has 0 unspecified atom stereocenters. The van der Waals surface area contributed by atoms with Gasteiger partial charge >= 0.3 is 6.09 Å². The van der Waals surface area contributed by atoms with Crippen LogP contribution in [0.3, 0.4) is 0 Å². The van der Waals surface area contributed by atoms with Crippen LogP contribution in [0.5, 0.6) is 11.5 Å². The average Bonchev–Trinajstić information content (AvgIpc) is 2.81. The summed E-state index contributed by atoms with van der Waals surface area (Å²) in [7, 11) is 1.45. The van der Waals surface area contributed by atoms with E-state index in [1.54, 1.807) is 30.7 Å². The van der Waals surface area contributed by atoms with Gasteiger partial charge in [0, 0.05) is 40.5 Å². The van der Waals surface area contributed by atoms with Gasteiger partial charge in [0.2, 0.25) is 5.43 Å². The number of nitrogen functional groups attached to an aromatic ring is 1. The van der Waals surface area contributed by atoms with Crippen LogP contribution in [0.4, 0.5) is 10.6 Å². The van der Waals surface area contributed by atoms with Crippen LogP contribution in [-0.2, 0) is 0 Å². The van der Waals surface area contributed by atoms with E-state index < -0.39 is 6.09 Å². The molecule has 0 aliphatic rings. The van der Waals surface area contributed by atoms with Gasteiger partial charge in [-0.3, -0.25) is 14.8 Å². The largest absolute Gasteiger partial charge is 0.493 e. The molecule has 5 N–H and O–H groups in total. The van der Waals surface area contributed by atoms with E-state index in [4.69, 9.17) is 20.3 Å². The van der Waals surface area contributed by atoms with Crippen LogP contribution in [-0.4, -0.2) is 45.9 Å². The van der Waals surface area contributed by atoms with E-state index in [1.807, 2.05) is 13.0 Å². The quantitative estimate of drug-likeness (QED) is 0.314. The van der Waals surface area contributed by atoms with Gasteiger partial charge in [0.05, 0.1) is 24.9 Å². The molecule has 0 spiro atoms. The van der Waals surface area contributed by atoms with E-state index in [9.17, 15) is 9.59 Å². The fourth-order valence-electron chi connectivity index (χ4n) is 3.58. The Morgan fingerprint density at radius 3 is 2.73 bits per heavy atom.